The minimum absolute atomic E-state index is 0.0848. The number of benzene rings is 2. The molecule has 0 radical (unpaired) electrons. The quantitative estimate of drug-likeness (QED) is 0.730. The lowest BCUT2D eigenvalue weighted by Crippen LogP contribution is -2.30. The lowest BCUT2D eigenvalue weighted by atomic mass is 10.1. The summed E-state index contributed by atoms with van der Waals surface area (Å²) in [4.78, 5) is 15.2. The summed E-state index contributed by atoms with van der Waals surface area (Å²) in [5.41, 5.74) is 3.44. The maximum atomic E-state index is 12.8. The second kappa shape index (κ2) is 7.17. The van der Waals surface area contributed by atoms with Gasteiger partial charge in [0.1, 0.15) is 11.6 Å². The molecule has 124 valence electrons. The van der Waals surface area contributed by atoms with Crippen molar-refractivity contribution < 1.29 is 13.9 Å². The Morgan fingerprint density at radius 1 is 1.17 bits per heavy atom. The molecule has 0 aliphatic rings. The largest absolute Gasteiger partial charge is 0.484 e. The molecule has 0 saturated carbocycles. The van der Waals surface area contributed by atoms with E-state index in [2.05, 4.69) is 16.4 Å². The number of H-pyrrole nitrogens is 1. The summed E-state index contributed by atoms with van der Waals surface area (Å²) < 4.78 is 18.1. The van der Waals surface area contributed by atoms with E-state index in [9.17, 15) is 9.18 Å². The molecule has 2 aromatic carbocycles. The molecule has 0 bridgehead atoms. The second-order valence-electron chi connectivity index (χ2n) is 5.62. The van der Waals surface area contributed by atoms with Gasteiger partial charge < -0.3 is 15.0 Å². The molecule has 0 spiro atoms. The summed E-state index contributed by atoms with van der Waals surface area (Å²) in [5.74, 6) is -0.0586. The fourth-order valence-corrected chi connectivity index (χ4v) is 2.71. The normalized spacial score (nSPS) is 10.8. The Hall–Kier alpha value is -2.82. The highest BCUT2D eigenvalue weighted by atomic mass is 19.1. The third kappa shape index (κ3) is 3.74. The lowest BCUT2D eigenvalue weighted by Gasteiger charge is -2.08. The number of ether oxygens (including phenoxy) is 1. The molecule has 1 amide bonds. The molecule has 5 heteroatoms. The van der Waals surface area contributed by atoms with Crippen molar-refractivity contribution in [3.05, 3.63) is 65.6 Å². The molecular formula is C19H19FN2O2. The fraction of sp³-hybridized carbons (Fsp3) is 0.211. The summed E-state index contributed by atoms with van der Waals surface area (Å²) in [6.45, 7) is 2.49. The van der Waals surface area contributed by atoms with Crippen LogP contribution in [-0.4, -0.2) is 24.0 Å². The maximum absolute atomic E-state index is 12.8. The van der Waals surface area contributed by atoms with Crippen LogP contribution in [0.3, 0.4) is 0 Å². The molecule has 4 nitrogen and oxygen atoms in total. The van der Waals surface area contributed by atoms with Crippen LogP contribution in [0.2, 0.25) is 0 Å². The van der Waals surface area contributed by atoms with Gasteiger partial charge in [-0.25, -0.2) is 4.39 Å². The van der Waals surface area contributed by atoms with E-state index in [4.69, 9.17) is 4.74 Å². The van der Waals surface area contributed by atoms with E-state index in [-0.39, 0.29) is 18.3 Å². The Morgan fingerprint density at radius 2 is 1.92 bits per heavy atom. The summed E-state index contributed by atoms with van der Waals surface area (Å²) in [6, 6.07) is 13.7. The zero-order chi connectivity index (χ0) is 16.9. The predicted molar refractivity (Wildman–Crippen MR) is 91.6 cm³/mol. The first-order valence-corrected chi connectivity index (χ1v) is 7.85. The summed E-state index contributed by atoms with van der Waals surface area (Å²) in [7, 11) is 0. The van der Waals surface area contributed by atoms with Crippen LogP contribution >= 0.6 is 0 Å². The first kappa shape index (κ1) is 16.1. The molecule has 3 rings (SSSR count). The Kier molecular flexibility index (Phi) is 4.79. The Labute approximate surface area is 139 Å². The summed E-state index contributed by atoms with van der Waals surface area (Å²) >= 11 is 0. The summed E-state index contributed by atoms with van der Waals surface area (Å²) in [6.07, 6.45) is 0.748. The number of aromatic nitrogens is 1. The first-order valence-electron chi connectivity index (χ1n) is 7.85. The van der Waals surface area contributed by atoms with Crippen LogP contribution in [0.1, 0.15) is 11.3 Å². The standard InChI is InChI=1S/C19H19FN2O2/c1-13-16(17-4-2-3-5-18(17)22-13)10-11-21-19(23)12-24-15-8-6-14(20)7-9-15/h2-9,22H,10-12H2,1H3,(H,21,23). The van der Waals surface area contributed by atoms with Crippen molar-refractivity contribution in [1.29, 1.82) is 0 Å². The highest BCUT2D eigenvalue weighted by molar-refractivity contribution is 5.84. The molecule has 0 saturated heterocycles. The van der Waals surface area contributed by atoms with Gasteiger partial charge in [0.2, 0.25) is 0 Å². The van der Waals surface area contributed by atoms with Gasteiger partial charge in [0.25, 0.3) is 5.91 Å². The highest BCUT2D eigenvalue weighted by Crippen LogP contribution is 2.21. The number of fused-ring (bicyclic) bond motifs is 1. The van der Waals surface area contributed by atoms with Crippen LogP contribution in [0.5, 0.6) is 5.75 Å². The number of carbonyl (C=O) groups is 1. The molecule has 0 aliphatic carbocycles. The van der Waals surface area contributed by atoms with Crippen LogP contribution in [0.25, 0.3) is 10.9 Å². The predicted octanol–water partition coefficient (Wildman–Crippen LogP) is 3.35. The topological polar surface area (TPSA) is 54.1 Å². The van der Waals surface area contributed by atoms with Gasteiger partial charge in [0, 0.05) is 23.1 Å². The van der Waals surface area contributed by atoms with Crippen molar-refractivity contribution in [2.45, 2.75) is 13.3 Å². The Morgan fingerprint density at radius 3 is 2.71 bits per heavy atom. The van der Waals surface area contributed by atoms with Gasteiger partial charge in [-0.3, -0.25) is 4.79 Å². The number of hydrogen-bond acceptors (Lipinski definition) is 2. The Balaban J connectivity index is 1.49. The molecular weight excluding hydrogens is 307 g/mol. The van der Waals surface area contributed by atoms with Gasteiger partial charge in [-0.15, -0.1) is 0 Å². The molecule has 1 heterocycles. The van der Waals surface area contributed by atoms with Crippen molar-refractivity contribution >= 4 is 16.8 Å². The van der Waals surface area contributed by atoms with Crippen molar-refractivity contribution in [3.8, 4) is 5.75 Å². The van der Waals surface area contributed by atoms with E-state index in [0.29, 0.717) is 12.3 Å². The third-order valence-corrected chi connectivity index (χ3v) is 3.91. The number of rotatable bonds is 6. The van der Waals surface area contributed by atoms with Crippen molar-refractivity contribution in [1.82, 2.24) is 10.3 Å². The number of carbonyl (C=O) groups excluding carboxylic acids is 1. The zero-order valence-corrected chi connectivity index (χ0v) is 13.4. The molecule has 1 aromatic heterocycles. The number of aromatic amines is 1. The van der Waals surface area contributed by atoms with Crippen LogP contribution in [0, 0.1) is 12.7 Å². The number of para-hydroxylation sites is 1. The lowest BCUT2D eigenvalue weighted by molar-refractivity contribution is -0.123. The fourth-order valence-electron chi connectivity index (χ4n) is 2.71. The van der Waals surface area contributed by atoms with Crippen LogP contribution in [0.4, 0.5) is 4.39 Å². The second-order valence-corrected chi connectivity index (χ2v) is 5.62. The van der Waals surface area contributed by atoms with Gasteiger partial charge in [0.15, 0.2) is 6.61 Å². The maximum Gasteiger partial charge on any atom is 0.257 e. The molecule has 0 unspecified atom stereocenters. The van der Waals surface area contributed by atoms with Crippen molar-refractivity contribution in [2.75, 3.05) is 13.2 Å². The Bertz CT molecular complexity index is 840. The van der Waals surface area contributed by atoms with Crippen molar-refractivity contribution in [3.63, 3.8) is 0 Å². The molecule has 0 fully saturated rings. The molecule has 2 N–H and O–H groups in total. The number of hydrogen-bond donors (Lipinski definition) is 2. The van der Waals surface area contributed by atoms with Crippen LogP contribution < -0.4 is 10.1 Å². The number of amides is 1. The van der Waals surface area contributed by atoms with E-state index in [1.807, 2.05) is 25.1 Å². The SMILES string of the molecule is Cc1[nH]c2ccccc2c1CCNC(=O)COc1ccc(F)cc1. The number of halogens is 1. The van der Waals surface area contributed by atoms with E-state index in [0.717, 1.165) is 17.6 Å². The van der Waals surface area contributed by atoms with Gasteiger partial charge in [-0.2, -0.15) is 0 Å². The van der Waals surface area contributed by atoms with E-state index < -0.39 is 0 Å². The van der Waals surface area contributed by atoms with Crippen LogP contribution in [-0.2, 0) is 11.2 Å². The average molecular weight is 326 g/mol. The van der Waals surface area contributed by atoms with Crippen LogP contribution in [0.15, 0.2) is 48.5 Å². The minimum Gasteiger partial charge on any atom is -0.484 e. The number of aryl methyl sites for hydroxylation is 1. The van der Waals surface area contributed by atoms with E-state index in [1.54, 1.807) is 0 Å². The number of nitrogens with one attached hydrogen (secondary N) is 2. The molecule has 0 atom stereocenters. The smallest absolute Gasteiger partial charge is 0.257 e. The van der Waals surface area contributed by atoms with Crippen molar-refractivity contribution in [2.24, 2.45) is 0 Å². The zero-order valence-electron chi connectivity index (χ0n) is 13.4. The molecule has 3 aromatic rings. The first-order chi connectivity index (χ1) is 11.6. The molecule has 0 aliphatic heterocycles. The molecule has 24 heavy (non-hydrogen) atoms. The van der Waals surface area contributed by atoms with E-state index in [1.165, 1.54) is 35.2 Å². The third-order valence-electron chi connectivity index (χ3n) is 3.91. The average Bonchev–Trinajstić information content (AvgIpc) is 2.90. The van der Waals surface area contributed by atoms with Gasteiger partial charge in [0.05, 0.1) is 0 Å². The minimum atomic E-state index is -0.332. The van der Waals surface area contributed by atoms with Gasteiger partial charge in [-0.05, 0) is 49.2 Å². The van der Waals surface area contributed by atoms with Gasteiger partial charge >= 0.3 is 0 Å². The van der Waals surface area contributed by atoms with E-state index >= 15 is 0 Å². The summed E-state index contributed by atoms with van der Waals surface area (Å²) in [5, 5.41) is 4.03. The van der Waals surface area contributed by atoms with Gasteiger partial charge in [-0.1, -0.05) is 18.2 Å². The highest BCUT2D eigenvalue weighted by Gasteiger charge is 2.08. The monoisotopic (exact) mass is 326 g/mol.